The molecule has 1 atom stereocenters. The molecule has 0 saturated heterocycles. The molecule has 0 saturated carbocycles. The lowest BCUT2D eigenvalue weighted by molar-refractivity contribution is 0.342. The third-order valence-electron chi connectivity index (χ3n) is 2.21. The van der Waals surface area contributed by atoms with E-state index in [1.807, 2.05) is 0 Å². The first kappa shape index (κ1) is 15.6. The predicted molar refractivity (Wildman–Crippen MR) is 73.0 cm³/mol. The Balaban J connectivity index is 3.10. The zero-order valence-electron chi connectivity index (χ0n) is 10.5. The van der Waals surface area contributed by atoms with Crippen molar-refractivity contribution < 1.29 is 22.0 Å². The van der Waals surface area contributed by atoms with Gasteiger partial charge in [0.1, 0.15) is 5.75 Å². The lowest BCUT2D eigenvalue weighted by Crippen LogP contribution is -2.00. The average Bonchev–Trinajstić information content (AvgIpc) is 2.27. The number of rotatable bonds is 5. The SMILES string of the molecule is COP(=O)(Oc1ccc(S(C)(=O)=O)c(C)c1)SC. The number of benzene rings is 1. The van der Waals surface area contributed by atoms with Gasteiger partial charge in [-0.15, -0.1) is 0 Å². The summed E-state index contributed by atoms with van der Waals surface area (Å²) < 4.78 is 44.8. The van der Waals surface area contributed by atoms with Gasteiger partial charge in [0.2, 0.25) is 0 Å². The molecular formula is C10H15O5PS2. The molecule has 0 amide bonds. The second-order valence-corrected chi connectivity index (χ2v) is 9.83. The molecule has 0 radical (unpaired) electrons. The van der Waals surface area contributed by atoms with Crippen LogP contribution in [0.2, 0.25) is 0 Å². The largest absolute Gasteiger partial charge is 0.439 e. The van der Waals surface area contributed by atoms with Gasteiger partial charge in [0.25, 0.3) is 0 Å². The van der Waals surface area contributed by atoms with Crippen LogP contribution < -0.4 is 4.52 Å². The first-order chi connectivity index (χ1) is 8.22. The van der Waals surface area contributed by atoms with Crippen LogP contribution in [0.5, 0.6) is 5.75 Å². The van der Waals surface area contributed by atoms with E-state index in [9.17, 15) is 13.0 Å². The van der Waals surface area contributed by atoms with E-state index in [1.54, 1.807) is 13.2 Å². The number of hydrogen-bond donors (Lipinski definition) is 0. The Morgan fingerprint density at radius 2 is 1.94 bits per heavy atom. The normalized spacial score (nSPS) is 15.1. The molecule has 8 heteroatoms. The average molecular weight is 310 g/mol. The molecule has 0 spiro atoms. The molecule has 0 aliphatic carbocycles. The monoisotopic (exact) mass is 310 g/mol. The molecule has 0 fully saturated rings. The highest BCUT2D eigenvalue weighted by molar-refractivity contribution is 8.54. The van der Waals surface area contributed by atoms with Crippen LogP contribution in [0.1, 0.15) is 5.56 Å². The van der Waals surface area contributed by atoms with Crippen molar-refractivity contribution in [3.63, 3.8) is 0 Å². The van der Waals surface area contributed by atoms with Crippen molar-refractivity contribution in [3.05, 3.63) is 23.8 Å². The fraction of sp³-hybridized carbons (Fsp3) is 0.400. The summed E-state index contributed by atoms with van der Waals surface area (Å²) in [6.45, 7) is -1.56. The standard InChI is InChI=1S/C10H15O5PS2/c1-8-7-9(15-16(11,14-2)17-3)5-6-10(8)18(4,12)13/h5-7H,1-4H3. The Labute approximate surface area is 111 Å². The smallest absolute Gasteiger partial charge is 0.417 e. The summed E-state index contributed by atoms with van der Waals surface area (Å²) >= 11 is 0.976. The number of aryl methyl sites for hydroxylation is 1. The second-order valence-electron chi connectivity index (χ2n) is 3.60. The van der Waals surface area contributed by atoms with E-state index in [0.717, 1.165) is 17.6 Å². The minimum atomic E-state index is -3.27. The molecule has 1 rings (SSSR count). The highest BCUT2D eigenvalue weighted by Crippen LogP contribution is 2.58. The zero-order chi connectivity index (χ0) is 14.0. The molecule has 0 heterocycles. The van der Waals surface area contributed by atoms with Crippen molar-refractivity contribution >= 4 is 28.0 Å². The fourth-order valence-electron chi connectivity index (χ4n) is 1.37. The van der Waals surface area contributed by atoms with E-state index in [1.165, 1.54) is 25.3 Å². The Bertz CT molecular complexity index is 574. The van der Waals surface area contributed by atoms with E-state index in [2.05, 4.69) is 0 Å². The maximum absolute atomic E-state index is 11.9. The van der Waals surface area contributed by atoms with Gasteiger partial charge in [0, 0.05) is 13.4 Å². The highest BCUT2D eigenvalue weighted by Gasteiger charge is 2.23. The number of sulfone groups is 1. The van der Waals surface area contributed by atoms with Gasteiger partial charge in [-0.05, 0) is 48.3 Å². The third kappa shape index (κ3) is 3.75. The molecule has 102 valence electrons. The van der Waals surface area contributed by atoms with E-state index in [0.29, 0.717) is 11.3 Å². The van der Waals surface area contributed by atoms with Crippen molar-refractivity contribution in [3.8, 4) is 5.75 Å². The quantitative estimate of drug-likeness (QED) is 0.779. The molecule has 5 nitrogen and oxygen atoms in total. The zero-order valence-corrected chi connectivity index (χ0v) is 13.1. The molecule has 0 aliphatic heterocycles. The third-order valence-corrected chi connectivity index (χ3v) is 6.81. The van der Waals surface area contributed by atoms with Crippen LogP contribution in [0.3, 0.4) is 0 Å². The van der Waals surface area contributed by atoms with Gasteiger partial charge in [0.05, 0.1) is 4.90 Å². The van der Waals surface area contributed by atoms with Crippen LogP contribution in [-0.2, 0) is 18.9 Å². The van der Waals surface area contributed by atoms with Crippen LogP contribution >= 0.6 is 18.2 Å². The first-order valence-electron chi connectivity index (χ1n) is 4.93. The predicted octanol–water partition coefficient (Wildman–Crippen LogP) is 2.89. The summed E-state index contributed by atoms with van der Waals surface area (Å²) in [5, 5.41) is 0. The molecule has 0 aromatic heterocycles. The Kier molecular flexibility index (Phi) is 4.89. The molecule has 1 unspecified atom stereocenters. The van der Waals surface area contributed by atoms with Crippen LogP contribution in [0.4, 0.5) is 0 Å². The van der Waals surface area contributed by atoms with Crippen LogP contribution in [-0.4, -0.2) is 28.0 Å². The van der Waals surface area contributed by atoms with Gasteiger partial charge in [-0.1, -0.05) is 0 Å². The lowest BCUT2D eigenvalue weighted by Gasteiger charge is -2.15. The molecule has 0 aliphatic rings. The van der Waals surface area contributed by atoms with Gasteiger partial charge in [-0.2, -0.15) is 0 Å². The summed E-state index contributed by atoms with van der Waals surface area (Å²) in [6.07, 6.45) is 2.75. The van der Waals surface area contributed by atoms with E-state index < -0.39 is 16.6 Å². The summed E-state index contributed by atoms with van der Waals surface area (Å²) in [7, 11) is -1.97. The maximum Gasteiger partial charge on any atom is 0.439 e. The summed E-state index contributed by atoms with van der Waals surface area (Å²) in [4.78, 5) is 0.228. The molecule has 0 bridgehead atoms. The second kappa shape index (κ2) is 5.65. The number of hydrogen-bond acceptors (Lipinski definition) is 6. The van der Waals surface area contributed by atoms with Gasteiger partial charge in [0.15, 0.2) is 9.84 Å². The van der Waals surface area contributed by atoms with Gasteiger partial charge < -0.3 is 4.52 Å². The first-order valence-corrected chi connectivity index (χ1v) is 10.2. The molecule has 1 aromatic carbocycles. The van der Waals surface area contributed by atoms with Crippen molar-refractivity contribution in [1.29, 1.82) is 0 Å². The lowest BCUT2D eigenvalue weighted by atomic mass is 10.2. The van der Waals surface area contributed by atoms with Crippen molar-refractivity contribution in [2.45, 2.75) is 11.8 Å². The fourth-order valence-corrected chi connectivity index (χ4v) is 3.93. The van der Waals surface area contributed by atoms with E-state index in [4.69, 9.17) is 9.05 Å². The minimum Gasteiger partial charge on any atom is -0.417 e. The molecular weight excluding hydrogens is 295 g/mol. The van der Waals surface area contributed by atoms with Gasteiger partial charge >= 0.3 is 6.80 Å². The molecule has 0 N–H and O–H groups in total. The topological polar surface area (TPSA) is 69.7 Å². The van der Waals surface area contributed by atoms with E-state index >= 15 is 0 Å². The summed E-state index contributed by atoms with van der Waals surface area (Å²) in [5.41, 5.74) is 0.541. The molecule has 1 aromatic rings. The Morgan fingerprint density at radius 1 is 1.33 bits per heavy atom. The minimum absolute atomic E-state index is 0.228. The highest BCUT2D eigenvalue weighted by atomic mass is 32.7. The Hall–Kier alpha value is -0.490. The molecule has 18 heavy (non-hydrogen) atoms. The van der Waals surface area contributed by atoms with Crippen LogP contribution in [0.25, 0.3) is 0 Å². The van der Waals surface area contributed by atoms with Crippen LogP contribution in [0, 0.1) is 6.92 Å². The maximum atomic E-state index is 11.9. The van der Waals surface area contributed by atoms with Gasteiger partial charge in [-0.3, -0.25) is 4.52 Å². The summed E-state index contributed by atoms with van der Waals surface area (Å²) in [5.74, 6) is 0.319. The van der Waals surface area contributed by atoms with Crippen LogP contribution in [0.15, 0.2) is 23.1 Å². The van der Waals surface area contributed by atoms with Gasteiger partial charge in [-0.25, -0.2) is 13.0 Å². The summed E-state index contributed by atoms with van der Waals surface area (Å²) in [6, 6.07) is 4.42. The van der Waals surface area contributed by atoms with Crippen molar-refractivity contribution in [2.75, 3.05) is 19.6 Å². The Morgan fingerprint density at radius 3 is 2.33 bits per heavy atom. The van der Waals surface area contributed by atoms with Crippen molar-refractivity contribution in [1.82, 2.24) is 0 Å². The van der Waals surface area contributed by atoms with Crippen molar-refractivity contribution in [2.24, 2.45) is 0 Å². The van der Waals surface area contributed by atoms with E-state index in [-0.39, 0.29) is 4.90 Å².